The summed E-state index contributed by atoms with van der Waals surface area (Å²) in [4.78, 5) is 24.3. The highest BCUT2D eigenvalue weighted by atomic mass is 16.4. The topological polar surface area (TPSA) is 100 Å². The Labute approximate surface area is 103 Å². The fourth-order valence-electron chi connectivity index (χ4n) is 2.08. The molecule has 0 aromatic carbocycles. The standard InChI is InChI=1S/C10H13N5O3/c16-9(6-1-11-2-6)14-3-7(4-14)15-5-8(10(17)18)12-13-15/h5-7,11H,1-4H2,(H,17,18). The fourth-order valence-corrected chi connectivity index (χ4v) is 2.08. The highest BCUT2D eigenvalue weighted by Gasteiger charge is 2.38. The normalized spacial score (nSPS) is 20.3. The molecule has 3 heterocycles. The van der Waals surface area contributed by atoms with Gasteiger partial charge in [0.2, 0.25) is 5.91 Å². The monoisotopic (exact) mass is 251 g/mol. The van der Waals surface area contributed by atoms with Crippen LogP contribution in [0.15, 0.2) is 6.20 Å². The van der Waals surface area contributed by atoms with Gasteiger partial charge in [-0.15, -0.1) is 5.10 Å². The zero-order valence-corrected chi connectivity index (χ0v) is 9.61. The van der Waals surface area contributed by atoms with Gasteiger partial charge in [0.1, 0.15) is 0 Å². The van der Waals surface area contributed by atoms with Crippen molar-refractivity contribution in [2.24, 2.45) is 5.92 Å². The summed E-state index contributed by atoms with van der Waals surface area (Å²) in [5, 5.41) is 19.1. The highest BCUT2D eigenvalue weighted by Crippen LogP contribution is 2.23. The summed E-state index contributed by atoms with van der Waals surface area (Å²) in [5.74, 6) is -0.811. The lowest BCUT2D eigenvalue weighted by Gasteiger charge is -2.42. The van der Waals surface area contributed by atoms with Crippen molar-refractivity contribution in [3.63, 3.8) is 0 Å². The van der Waals surface area contributed by atoms with E-state index < -0.39 is 5.97 Å². The molecule has 96 valence electrons. The quantitative estimate of drug-likeness (QED) is 0.683. The van der Waals surface area contributed by atoms with Gasteiger partial charge in [0.25, 0.3) is 0 Å². The summed E-state index contributed by atoms with van der Waals surface area (Å²) in [5.41, 5.74) is -0.0667. The molecular formula is C10H13N5O3. The lowest BCUT2D eigenvalue weighted by molar-refractivity contribution is -0.143. The predicted octanol–water partition coefficient (Wildman–Crippen LogP) is -1.42. The van der Waals surface area contributed by atoms with Crippen molar-refractivity contribution < 1.29 is 14.7 Å². The van der Waals surface area contributed by atoms with Crippen LogP contribution in [0.3, 0.4) is 0 Å². The number of aromatic nitrogens is 3. The number of hydrogen-bond donors (Lipinski definition) is 2. The lowest BCUT2D eigenvalue weighted by atomic mass is 9.98. The second-order valence-corrected chi connectivity index (χ2v) is 4.64. The molecule has 0 aliphatic carbocycles. The second-order valence-electron chi connectivity index (χ2n) is 4.64. The molecule has 2 aliphatic heterocycles. The van der Waals surface area contributed by atoms with E-state index in [0.717, 1.165) is 13.1 Å². The van der Waals surface area contributed by atoms with Gasteiger partial charge in [-0.25, -0.2) is 9.48 Å². The van der Waals surface area contributed by atoms with Crippen LogP contribution in [0, 0.1) is 5.92 Å². The summed E-state index contributed by atoms with van der Waals surface area (Å²) >= 11 is 0. The van der Waals surface area contributed by atoms with Gasteiger partial charge >= 0.3 is 5.97 Å². The third-order valence-electron chi connectivity index (χ3n) is 3.41. The number of carboxylic acids is 1. The number of carbonyl (C=O) groups is 2. The smallest absolute Gasteiger partial charge is 0.358 e. The van der Waals surface area contributed by atoms with E-state index in [4.69, 9.17) is 5.11 Å². The average molecular weight is 251 g/mol. The summed E-state index contributed by atoms with van der Waals surface area (Å²) in [7, 11) is 0. The molecule has 8 nitrogen and oxygen atoms in total. The largest absolute Gasteiger partial charge is 0.476 e. The molecule has 1 aromatic rings. The van der Waals surface area contributed by atoms with Gasteiger partial charge in [0.15, 0.2) is 5.69 Å². The zero-order chi connectivity index (χ0) is 12.7. The molecule has 2 fully saturated rings. The second kappa shape index (κ2) is 4.05. The van der Waals surface area contributed by atoms with Crippen molar-refractivity contribution in [3.05, 3.63) is 11.9 Å². The minimum Gasteiger partial charge on any atom is -0.476 e. The third-order valence-corrected chi connectivity index (χ3v) is 3.41. The Morgan fingerprint density at radius 2 is 2.11 bits per heavy atom. The van der Waals surface area contributed by atoms with E-state index in [1.807, 2.05) is 0 Å². The summed E-state index contributed by atoms with van der Waals surface area (Å²) in [6.45, 7) is 2.68. The van der Waals surface area contributed by atoms with Crippen LogP contribution in [0.1, 0.15) is 16.5 Å². The molecular weight excluding hydrogens is 238 g/mol. The van der Waals surface area contributed by atoms with E-state index in [9.17, 15) is 9.59 Å². The Balaban J connectivity index is 1.57. The molecule has 1 aromatic heterocycles. The molecule has 0 radical (unpaired) electrons. The maximum Gasteiger partial charge on any atom is 0.358 e. The first-order valence-electron chi connectivity index (χ1n) is 5.80. The third kappa shape index (κ3) is 1.74. The Morgan fingerprint density at radius 3 is 2.61 bits per heavy atom. The van der Waals surface area contributed by atoms with Gasteiger partial charge in [-0.1, -0.05) is 5.21 Å². The van der Waals surface area contributed by atoms with Crippen molar-refractivity contribution >= 4 is 11.9 Å². The molecule has 1 amide bonds. The van der Waals surface area contributed by atoms with Crippen LogP contribution in [-0.2, 0) is 4.79 Å². The number of aromatic carboxylic acids is 1. The molecule has 3 rings (SSSR count). The number of carbonyl (C=O) groups excluding carboxylic acids is 1. The SMILES string of the molecule is O=C(O)c1cn(C2CN(C(=O)C3CNC3)C2)nn1. The average Bonchev–Trinajstić information content (AvgIpc) is 2.61. The molecule has 0 bridgehead atoms. The maximum absolute atomic E-state index is 11.8. The Morgan fingerprint density at radius 1 is 1.39 bits per heavy atom. The van der Waals surface area contributed by atoms with Crippen molar-refractivity contribution in [2.45, 2.75) is 6.04 Å². The number of rotatable bonds is 3. The van der Waals surface area contributed by atoms with Crippen molar-refractivity contribution in [1.82, 2.24) is 25.2 Å². The van der Waals surface area contributed by atoms with Crippen LogP contribution < -0.4 is 5.32 Å². The van der Waals surface area contributed by atoms with Crippen LogP contribution in [0.4, 0.5) is 0 Å². The van der Waals surface area contributed by atoms with Crippen LogP contribution in [0.2, 0.25) is 0 Å². The van der Waals surface area contributed by atoms with E-state index in [2.05, 4.69) is 15.6 Å². The Hall–Kier alpha value is -1.96. The number of likely N-dealkylation sites (tertiary alicyclic amines) is 1. The Kier molecular flexibility index (Phi) is 2.51. The van der Waals surface area contributed by atoms with E-state index >= 15 is 0 Å². The fraction of sp³-hybridized carbons (Fsp3) is 0.600. The van der Waals surface area contributed by atoms with Gasteiger partial charge in [-0.3, -0.25) is 4.79 Å². The molecule has 2 aliphatic rings. The number of carboxylic acid groups (broad SMARTS) is 1. The van der Waals surface area contributed by atoms with Gasteiger partial charge in [0, 0.05) is 26.2 Å². The summed E-state index contributed by atoms with van der Waals surface area (Å²) in [6, 6.07) is 0.0441. The van der Waals surface area contributed by atoms with Crippen molar-refractivity contribution in [1.29, 1.82) is 0 Å². The summed E-state index contributed by atoms with van der Waals surface area (Å²) in [6.07, 6.45) is 1.40. The first kappa shape index (κ1) is 11.1. The molecule has 2 saturated heterocycles. The number of nitrogens with one attached hydrogen (secondary N) is 1. The first-order chi connectivity index (χ1) is 8.65. The molecule has 8 heteroatoms. The van der Waals surface area contributed by atoms with E-state index in [0.29, 0.717) is 13.1 Å². The first-order valence-corrected chi connectivity index (χ1v) is 5.80. The number of nitrogens with zero attached hydrogens (tertiary/aromatic N) is 4. The van der Waals surface area contributed by atoms with Gasteiger partial charge in [0.05, 0.1) is 18.2 Å². The Bertz CT molecular complexity index is 489. The summed E-state index contributed by atoms with van der Waals surface area (Å²) < 4.78 is 1.52. The van der Waals surface area contributed by atoms with E-state index in [1.54, 1.807) is 4.90 Å². The lowest BCUT2D eigenvalue weighted by Crippen LogP contribution is -2.58. The molecule has 0 saturated carbocycles. The van der Waals surface area contributed by atoms with Gasteiger partial charge < -0.3 is 15.3 Å². The molecule has 0 spiro atoms. The number of amides is 1. The van der Waals surface area contributed by atoms with E-state index in [1.165, 1.54) is 10.9 Å². The minimum absolute atomic E-state index is 0.0441. The van der Waals surface area contributed by atoms with Crippen LogP contribution in [0.25, 0.3) is 0 Å². The van der Waals surface area contributed by atoms with Gasteiger partial charge in [-0.2, -0.15) is 0 Å². The predicted molar refractivity (Wildman–Crippen MR) is 59.0 cm³/mol. The van der Waals surface area contributed by atoms with Crippen molar-refractivity contribution in [3.8, 4) is 0 Å². The van der Waals surface area contributed by atoms with Crippen LogP contribution in [0.5, 0.6) is 0 Å². The maximum atomic E-state index is 11.8. The minimum atomic E-state index is -1.09. The molecule has 2 N–H and O–H groups in total. The van der Waals surface area contributed by atoms with Crippen LogP contribution >= 0.6 is 0 Å². The van der Waals surface area contributed by atoms with Gasteiger partial charge in [-0.05, 0) is 0 Å². The zero-order valence-electron chi connectivity index (χ0n) is 9.61. The highest BCUT2D eigenvalue weighted by molar-refractivity contribution is 5.84. The molecule has 18 heavy (non-hydrogen) atoms. The van der Waals surface area contributed by atoms with Crippen LogP contribution in [-0.4, -0.2) is 63.1 Å². The van der Waals surface area contributed by atoms with E-state index in [-0.39, 0.29) is 23.6 Å². The van der Waals surface area contributed by atoms with Crippen molar-refractivity contribution in [2.75, 3.05) is 26.2 Å². The molecule has 0 unspecified atom stereocenters. The number of hydrogen-bond acceptors (Lipinski definition) is 5. The molecule has 0 atom stereocenters.